The molecule has 9 nitrogen and oxygen atoms in total. The van der Waals surface area contributed by atoms with Crippen LogP contribution >= 0.6 is 7.82 Å². The first-order valence-electron chi connectivity index (χ1n) is 18.0. The summed E-state index contributed by atoms with van der Waals surface area (Å²) in [7, 11) is -4.07. The maximum absolute atomic E-state index is 13.8. The predicted molar refractivity (Wildman–Crippen MR) is 201 cm³/mol. The van der Waals surface area contributed by atoms with E-state index in [9.17, 15) is 14.2 Å². The van der Waals surface area contributed by atoms with Gasteiger partial charge in [-0.25, -0.2) is 14.2 Å². The van der Waals surface area contributed by atoms with Crippen molar-refractivity contribution in [2.75, 3.05) is 0 Å². The third-order valence-electron chi connectivity index (χ3n) is 8.64. The Morgan fingerprint density at radius 1 is 0.712 bits per heavy atom. The van der Waals surface area contributed by atoms with E-state index in [1.54, 1.807) is 45.0 Å². The van der Waals surface area contributed by atoms with Gasteiger partial charge in [-0.3, -0.25) is 9.05 Å². The van der Waals surface area contributed by atoms with E-state index < -0.39 is 31.5 Å². The monoisotopic (exact) mass is 727 g/mol. The van der Waals surface area contributed by atoms with Gasteiger partial charge >= 0.3 is 19.9 Å². The topological polar surface area (TPSA) is 109 Å². The molecule has 1 fully saturated rings. The average Bonchev–Trinajstić information content (AvgIpc) is 3.13. The summed E-state index contributed by atoms with van der Waals surface area (Å²) in [6.07, 6.45) is 6.83. The zero-order valence-corrected chi connectivity index (χ0v) is 31.2. The van der Waals surface area contributed by atoms with Crippen molar-refractivity contribution < 1.29 is 37.2 Å². The molecule has 0 saturated heterocycles. The SMILES string of the molecule is CC(C)(C)OC(=O)N[C@@H](Cc1ccc(OP(=O)(OCc2ccccc2)OCc2ccccc2)cc1)C(=O)OCc1cccc(CC2CCCCC2)c1. The van der Waals surface area contributed by atoms with Gasteiger partial charge in [0.05, 0.1) is 13.2 Å². The number of nitrogens with one attached hydrogen (secondary N) is 1. The number of esters is 1. The van der Waals surface area contributed by atoms with Crippen LogP contribution in [0.5, 0.6) is 5.75 Å². The number of phosphoric acid groups is 1. The number of amides is 1. The molecule has 0 bridgehead atoms. The molecule has 1 aliphatic rings. The largest absolute Gasteiger partial charge is 0.530 e. The van der Waals surface area contributed by atoms with Crippen molar-refractivity contribution in [3.05, 3.63) is 137 Å². The van der Waals surface area contributed by atoms with Crippen LogP contribution in [0.15, 0.2) is 109 Å². The van der Waals surface area contributed by atoms with Gasteiger partial charge in [0.25, 0.3) is 0 Å². The van der Waals surface area contributed by atoms with E-state index in [1.165, 1.54) is 37.7 Å². The first kappa shape index (κ1) is 38.8. The fourth-order valence-corrected chi connectivity index (χ4v) is 7.24. The molecule has 1 N–H and O–H groups in total. The van der Waals surface area contributed by atoms with Crippen LogP contribution in [0.4, 0.5) is 4.79 Å². The van der Waals surface area contributed by atoms with Gasteiger partial charge in [0.2, 0.25) is 0 Å². The molecule has 1 atom stereocenters. The van der Waals surface area contributed by atoms with Crippen LogP contribution in [0.3, 0.4) is 0 Å². The standard InChI is InChI=1S/C42H50NO8P/c1-42(2,3)50-41(45)43-39(40(44)47-29-37-21-13-20-36(27-37)26-32-14-7-4-8-15-32)28-33-22-24-38(25-23-33)51-52(46,48-30-34-16-9-5-10-17-34)49-31-35-18-11-6-12-19-35/h5-6,9-13,16-25,27,32,39H,4,7-8,14-15,26,28-31H2,1-3H3,(H,43,45)/t39-/m0/s1. The van der Waals surface area contributed by atoms with Gasteiger partial charge in [0.1, 0.15) is 24.0 Å². The molecule has 0 aliphatic heterocycles. The molecular weight excluding hydrogens is 677 g/mol. The number of phosphoric ester groups is 1. The van der Waals surface area contributed by atoms with Gasteiger partial charge in [0, 0.05) is 6.42 Å². The molecular formula is C42H50NO8P. The molecule has 10 heteroatoms. The normalized spacial score (nSPS) is 14.3. The molecule has 0 radical (unpaired) electrons. The highest BCUT2D eigenvalue weighted by atomic mass is 31.2. The van der Waals surface area contributed by atoms with Crippen LogP contribution in [-0.2, 0) is 60.5 Å². The highest BCUT2D eigenvalue weighted by Gasteiger charge is 2.30. The second kappa shape index (κ2) is 18.9. The van der Waals surface area contributed by atoms with Crippen molar-refractivity contribution in [2.45, 2.75) is 97.2 Å². The van der Waals surface area contributed by atoms with Gasteiger partial charge < -0.3 is 19.3 Å². The van der Waals surface area contributed by atoms with E-state index in [4.69, 9.17) is 23.0 Å². The van der Waals surface area contributed by atoms with Crippen molar-refractivity contribution in [3.8, 4) is 5.75 Å². The van der Waals surface area contributed by atoms with Crippen molar-refractivity contribution >= 4 is 19.9 Å². The van der Waals surface area contributed by atoms with Crippen LogP contribution in [-0.4, -0.2) is 23.7 Å². The number of carbonyl (C=O) groups excluding carboxylic acids is 2. The van der Waals surface area contributed by atoms with Gasteiger partial charge in [-0.15, -0.1) is 0 Å². The maximum Gasteiger partial charge on any atom is 0.530 e. The summed E-state index contributed by atoms with van der Waals surface area (Å²) in [5.41, 5.74) is 3.71. The van der Waals surface area contributed by atoms with Crippen LogP contribution in [0.2, 0.25) is 0 Å². The summed E-state index contributed by atoms with van der Waals surface area (Å²) < 4.78 is 42.4. The smallest absolute Gasteiger partial charge is 0.459 e. The van der Waals surface area contributed by atoms with Crippen LogP contribution in [0, 0.1) is 5.92 Å². The van der Waals surface area contributed by atoms with Gasteiger partial charge in [-0.1, -0.05) is 129 Å². The number of hydrogen-bond acceptors (Lipinski definition) is 8. The fraction of sp³-hybridized carbons (Fsp3) is 0.381. The Morgan fingerprint density at radius 3 is 1.88 bits per heavy atom. The minimum absolute atomic E-state index is 0.0237. The second-order valence-corrected chi connectivity index (χ2v) is 15.8. The Bertz CT molecular complexity index is 1700. The Balaban J connectivity index is 1.24. The van der Waals surface area contributed by atoms with Crippen molar-refractivity contribution in [3.63, 3.8) is 0 Å². The van der Waals surface area contributed by atoms with Crippen molar-refractivity contribution in [1.29, 1.82) is 0 Å². The molecule has 0 heterocycles. The van der Waals surface area contributed by atoms with Crippen molar-refractivity contribution in [2.24, 2.45) is 5.92 Å². The summed E-state index contributed by atoms with van der Waals surface area (Å²) >= 11 is 0. The van der Waals surface area contributed by atoms with Gasteiger partial charge in [-0.05, 0) is 73.1 Å². The van der Waals surface area contributed by atoms with Crippen LogP contribution < -0.4 is 9.84 Å². The van der Waals surface area contributed by atoms with E-state index in [0.29, 0.717) is 11.5 Å². The minimum Gasteiger partial charge on any atom is -0.459 e. The highest BCUT2D eigenvalue weighted by molar-refractivity contribution is 7.48. The number of benzene rings is 4. The van der Waals surface area contributed by atoms with E-state index in [0.717, 1.165) is 23.1 Å². The summed E-state index contributed by atoms with van der Waals surface area (Å²) in [6, 6.07) is 32.5. The number of alkyl carbamates (subject to hydrolysis) is 1. The highest BCUT2D eigenvalue weighted by Crippen LogP contribution is 2.51. The van der Waals surface area contributed by atoms with E-state index in [2.05, 4.69) is 17.4 Å². The molecule has 4 aromatic carbocycles. The Kier molecular flexibility index (Phi) is 14.1. The van der Waals surface area contributed by atoms with Crippen molar-refractivity contribution in [1.82, 2.24) is 5.32 Å². The first-order valence-corrected chi connectivity index (χ1v) is 19.5. The van der Waals surface area contributed by atoms with Crippen LogP contribution in [0.1, 0.15) is 80.7 Å². The van der Waals surface area contributed by atoms with E-state index >= 15 is 0 Å². The maximum atomic E-state index is 13.8. The molecule has 52 heavy (non-hydrogen) atoms. The predicted octanol–water partition coefficient (Wildman–Crippen LogP) is 9.91. The molecule has 1 amide bonds. The van der Waals surface area contributed by atoms with E-state index in [-0.39, 0.29) is 32.0 Å². The lowest BCUT2D eigenvalue weighted by molar-refractivity contribution is -0.147. The molecule has 0 spiro atoms. The summed E-state index contributed by atoms with van der Waals surface area (Å²) in [5.74, 6) is 0.360. The lowest BCUT2D eigenvalue weighted by Gasteiger charge is -2.23. The first-order chi connectivity index (χ1) is 25.0. The van der Waals surface area contributed by atoms with Crippen LogP contribution in [0.25, 0.3) is 0 Å². The Hall–Kier alpha value is -4.43. The molecule has 0 aromatic heterocycles. The molecule has 5 rings (SSSR count). The number of hydrogen-bond donors (Lipinski definition) is 1. The zero-order chi connectivity index (χ0) is 36.8. The molecule has 0 unspecified atom stereocenters. The zero-order valence-electron chi connectivity index (χ0n) is 30.3. The number of rotatable bonds is 16. The second-order valence-electron chi connectivity index (χ2n) is 14.2. The molecule has 1 aliphatic carbocycles. The Morgan fingerprint density at radius 2 is 1.29 bits per heavy atom. The number of ether oxygens (including phenoxy) is 2. The average molecular weight is 728 g/mol. The minimum atomic E-state index is -4.07. The van der Waals surface area contributed by atoms with Gasteiger partial charge in [-0.2, -0.15) is 0 Å². The third-order valence-corrected chi connectivity index (χ3v) is 9.97. The lowest BCUT2D eigenvalue weighted by atomic mass is 9.85. The summed E-state index contributed by atoms with van der Waals surface area (Å²) in [6.45, 7) is 5.39. The molecule has 4 aromatic rings. The molecule has 1 saturated carbocycles. The fourth-order valence-electron chi connectivity index (χ4n) is 6.07. The number of carbonyl (C=O) groups is 2. The quantitative estimate of drug-likeness (QED) is 0.0898. The molecule has 276 valence electrons. The summed E-state index contributed by atoms with van der Waals surface area (Å²) in [5, 5.41) is 2.69. The van der Waals surface area contributed by atoms with Gasteiger partial charge in [0.15, 0.2) is 0 Å². The lowest BCUT2D eigenvalue weighted by Crippen LogP contribution is -2.45. The third kappa shape index (κ3) is 13.3. The van der Waals surface area contributed by atoms with E-state index in [1.807, 2.05) is 72.8 Å². The summed E-state index contributed by atoms with van der Waals surface area (Å²) in [4.78, 5) is 26.3. The Labute approximate surface area is 307 Å².